The maximum absolute atomic E-state index is 11.2. The third-order valence-corrected chi connectivity index (χ3v) is 4.64. The molecule has 0 aromatic rings. The minimum Gasteiger partial charge on any atom is -0.281 e. The molecular formula is C9H11ClO. The van der Waals surface area contributed by atoms with Gasteiger partial charge in [-0.1, -0.05) is 0 Å². The summed E-state index contributed by atoms with van der Waals surface area (Å²) in [6.07, 6.45) is 4.82. The van der Waals surface area contributed by atoms with Gasteiger partial charge in [-0.05, 0) is 55.0 Å². The van der Waals surface area contributed by atoms with E-state index in [1.807, 2.05) is 0 Å². The molecule has 2 heteroatoms. The normalized spacial score (nSPS) is 57.7. The molecule has 0 radical (unpaired) electrons. The summed E-state index contributed by atoms with van der Waals surface area (Å²) in [4.78, 5) is 11.2. The van der Waals surface area contributed by atoms with Gasteiger partial charge >= 0.3 is 0 Å². The molecule has 1 nitrogen and oxygen atoms in total. The molecule has 60 valence electrons. The summed E-state index contributed by atoms with van der Waals surface area (Å²) < 4.78 is 0. The zero-order chi connectivity index (χ0) is 7.64. The molecule has 4 fully saturated rings. The maximum Gasteiger partial charge on any atom is 0.228 e. The Hall–Kier alpha value is -0.0400. The van der Waals surface area contributed by atoms with Crippen LogP contribution in [0.5, 0.6) is 0 Å². The van der Waals surface area contributed by atoms with E-state index in [2.05, 4.69) is 0 Å². The highest BCUT2D eigenvalue weighted by atomic mass is 35.5. The molecule has 0 amide bonds. The van der Waals surface area contributed by atoms with Crippen molar-refractivity contribution in [3.63, 3.8) is 0 Å². The first kappa shape index (κ1) is 6.47. The SMILES string of the molecule is O=C(Cl)C12CC3CC1CC3C2. The van der Waals surface area contributed by atoms with Crippen LogP contribution in [0, 0.1) is 23.2 Å². The lowest BCUT2D eigenvalue weighted by Crippen LogP contribution is -2.26. The third-order valence-electron chi connectivity index (χ3n) is 4.27. The van der Waals surface area contributed by atoms with Crippen LogP contribution in [0.3, 0.4) is 0 Å². The molecule has 0 N–H and O–H groups in total. The molecule has 0 spiro atoms. The number of carbonyl (C=O) groups excluding carboxylic acids is 1. The Labute approximate surface area is 71.1 Å². The van der Waals surface area contributed by atoms with Gasteiger partial charge in [-0.3, -0.25) is 4.79 Å². The average molecular weight is 171 g/mol. The molecule has 0 saturated heterocycles. The topological polar surface area (TPSA) is 17.1 Å². The second kappa shape index (κ2) is 1.66. The standard InChI is InChI=1S/C9H11ClO/c10-8(11)9-3-5-1-7(9)2-6(5)4-9/h5-7H,1-4H2. The lowest BCUT2D eigenvalue weighted by atomic mass is 9.82. The summed E-state index contributed by atoms with van der Waals surface area (Å²) in [6.45, 7) is 0. The van der Waals surface area contributed by atoms with Gasteiger partial charge in [0.15, 0.2) is 0 Å². The third kappa shape index (κ3) is 0.547. The Morgan fingerprint density at radius 2 is 1.82 bits per heavy atom. The Bertz CT molecular complexity index is 222. The Morgan fingerprint density at radius 1 is 1.27 bits per heavy atom. The summed E-state index contributed by atoms with van der Waals surface area (Å²) in [6, 6.07) is 0. The summed E-state index contributed by atoms with van der Waals surface area (Å²) in [7, 11) is 0. The van der Waals surface area contributed by atoms with Crippen LogP contribution in [0.2, 0.25) is 0 Å². The van der Waals surface area contributed by atoms with E-state index < -0.39 is 0 Å². The highest BCUT2D eigenvalue weighted by Crippen LogP contribution is 2.70. The zero-order valence-electron chi connectivity index (χ0n) is 6.35. The smallest absolute Gasteiger partial charge is 0.228 e. The summed E-state index contributed by atoms with van der Waals surface area (Å²) >= 11 is 5.65. The molecular weight excluding hydrogens is 160 g/mol. The van der Waals surface area contributed by atoms with Gasteiger partial charge in [-0.25, -0.2) is 0 Å². The van der Waals surface area contributed by atoms with Gasteiger partial charge in [0.2, 0.25) is 5.24 Å². The lowest BCUT2D eigenvalue weighted by molar-refractivity contribution is -0.121. The fourth-order valence-corrected chi connectivity index (χ4v) is 4.15. The van der Waals surface area contributed by atoms with Crippen LogP contribution in [-0.2, 0) is 4.79 Å². The van der Waals surface area contributed by atoms with Crippen molar-refractivity contribution in [3.8, 4) is 0 Å². The quantitative estimate of drug-likeness (QED) is 0.552. The first-order chi connectivity index (χ1) is 5.22. The highest BCUT2D eigenvalue weighted by Gasteiger charge is 2.65. The molecule has 4 rings (SSSR count). The van der Waals surface area contributed by atoms with E-state index in [-0.39, 0.29) is 10.7 Å². The second-order valence-corrected chi connectivity index (χ2v) is 4.87. The van der Waals surface area contributed by atoms with E-state index >= 15 is 0 Å². The number of hydrogen-bond donors (Lipinski definition) is 0. The van der Waals surface area contributed by atoms with Crippen molar-refractivity contribution in [3.05, 3.63) is 0 Å². The van der Waals surface area contributed by atoms with Crippen molar-refractivity contribution >= 4 is 16.8 Å². The predicted octanol–water partition coefficient (Wildman–Crippen LogP) is 2.19. The van der Waals surface area contributed by atoms with Gasteiger partial charge in [-0.2, -0.15) is 0 Å². The fourth-order valence-electron chi connectivity index (χ4n) is 3.84. The Morgan fingerprint density at radius 3 is 2.00 bits per heavy atom. The lowest BCUT2D eigenvalue weighted by Gasteiger charge is -2.23. The minimum atomic E-state index is -0.0370. The molecule has 0 aliphatic heterocycles. The second-order valence-electron chi connectivity index (χ2n) is 4.53. The fraction of sp³-hybridized carbons (Fsp3) is 0.889. The highest BCUT2D eigenvalue weighted by molar-refractivity contribution is 6.64. The molecule has 0 heterocycles. The van der Waals surface area contributed by atoms with Gasteiger partial charge in [0, 0.05) is 5.41 Å². The van der Waals surface area contributed by atoms with E-state index in [4.69, 9.17) is 11.6 Å². The molecule has 0 aromatic carbocycles. The van der Waals surface area contributed by atoms with Crippen LogP contribution >= 0.6 is 11.6 Å². The van der Waals surface area contributed by atoms with Gasteiger partial charge in [0.05, 0.1) is 0 Å². The zero-order valence-corrected chi connectivity index (χ0v) is 7.10. The number of hydrogen-bond acceptors (Lipinski definition) is 1. The molecule has 2 atom stereocenters. The van der Waals surface area contributed by atoms with E-state index in [1.54, 1.807) is 0 Å². The van der Waals surface area contributed by atoms with E-state index in [0.29, 0.717) is 5.92 Å². The number of carbonyl (C=O) groups is 1. The van der Waals surface area contributed by atoms with Crippen molar-refractivity contribution in [2.24, 2.45) is 23.2 Å². The maximum atomic E-state index is 11.2. The molecule has 4 aliphatic carbocycles. The van der Waals surface area contributed by atoms with E-state index in [1.165, 1.54) is 12.8 Å². The number of halogens is 1. The number of rotatable bonds is 1. The first-order valence-corrected chi connectivity index (χ1v) is 4.80. The van der Waals surface area contributed by atoms with Crippen LogP contribution in [0.4, 0.5) is 0 Å². The van der Waals surface area contributed by atoms with E-state index in [9.17, 15) is 4.79 Å². The van der Waals surface area contributed by atoms with Gasteiger partial charge in [-0.15, -0.1) is 0 Å². The van der Waals surface area contributed by atoms with Crippen LogP contribution in [0.15, 0.2) is 0 Å². The van der Waals surface area contributed by atoms with Crippen LogP contribution < -0.4 is 0 Å². The van der Waals surface area contributed by atoms with Crippen molar-refractivity contribution in [1.29, 1.82) is 0 Å². The van der Waals surface area contributed by atoms with Crippen LogP contribution in [-0.4, -0.2) is 5.24 Å². The molecule has 4 saturated carbocycles. The minimum absolute atomic E-state index is 0.0309. The van der Waals surface area contributed by atoms with Gasteiger partial charge in [0.1, 0.15) is 0 Å². The molecule has 11 heavy (non-hydrogen) atoms. The molecule has 0 aromatic heterocycles. The van der Waals surface area contributed by atoms with Gasteiger partial charge in [0.25, 0.3) is 0 Å². The molecule has 2 unspecified atom stereocenters. The van der Waals surface area contributed by atoms with E-state index in [0.717, 1.165) is 24.7 Å². The Kier molecular flexibility index (Phi) is 0.976. The molecule has 4 aliphatic rings. The monoisotopic (exact) mass is 170 g/mol. The van der Waals surface area contributed by atoms with Crippen molar-refractivity contribution in [2.75, 3.05) is 0 Å². The largest absolute Gasteiger partial charge is 0.281 e. The predicted molar refractivity (Wildman–Crippen MR) is 42.2 cm³/mol. The Balaban J connectivity index is 2.08. The first-order valence-electron chi connectivity index (χ1n) is 4.42. The van der Waals surface area contributed by atoms with Crippen molar-refractivity contribution in [1.82, 2.24) is 0 Å². The van der Waals surface area contributed by atoms with Gasteiger partial charge < -0.3 is 0 Å². The van der Waals surface area contributed by atoms with Crippen LogP contribution in [0.1, 0.15) is 25.7 Å². The van der Waals surface area contributed by atoms with Crippen LogP contribution in [0.25, 0.3) is 0 Å². The summed E-state index contributed by atoms with van der Waals surface area (Å²) in [5.41, 5.74) is -0.0309. The van der Waals surface area contributed by atoms with Crippen molar-refractivity contribution < 1.29 is 4.79 Å². The molecule has 4 bridgehead atoms. The summed E-state index contributed by atoms with van der Waals surface area (Å²) in [5, 5.41) is -0.0370. The van der Waals surface area contributed by atoms with Crippen molar-refractivity contribution in [2.45, 2.75) is 25.7 Å². The average Bonchev–Trinajstić information content (AvgIpc) is 2.50. The summed E-state index contributed by atoms with van der Waals surface area (Å²) in [5.74, 6) is 2.40.